The van der Waals surface area contributed by atoms with Gasteiger partial charge in [-0.05, 0) is 36.5 Å². The Morgan fingerprint density at radius 2 is 1.36 bits per heavy atom. The van der Waals surface area contributed by atoms with Gasteiger partial charge in [-0.3, -0.25) is 10.9 Å². The smallest absolute Gasteiger partial charge is 0.253 e. The van der Waals surface area contributed by atoms with Crippen molar-refractivity contribution in [1.29, 1.82) is 0 Å². The number of nitrogens with one attached hydrogen (secondary N) is 2. The Hall–Kier alpha value is -3.06. The normalized spacial score (nSPS) is 21.8. The number of hydrogen-bond acceptors (Lipinski definition) is 8. The zero-order valence-corrected chi connectivity index (χ0v) is 16.0. The van der Waals surface area contributed by atoms with Gasteiger partial charge < -0.3 is 0 Å². The second-order valence-corrected chi connectivity index (χ2v) is 5.30. The Kier molecular flexibility index (Phi) is 3.78. The minimum atomic E-state index is 0. The van der Waals surface area contributed by atoms with Crippen molar-refractivity contribution in [3.8, 4) is 0 Å². The van der Waals surface area contributed by atoms with E-state index in [0.29, 0.717) is 23.5 Å². The first-order valence-corrected chi connectivity index (χ1v) is 7.31. The fraction of sp³-hybridized carbons (Fsp3) is 0. The van der Waals surface area contributed by atoms with E-state index in [1.165, 1.54) is 0 Å². The summed E-state index contributed by atoms with van der Waals surface area (Å²) in [5.74, 6) is 1.37. The van der Waals surface area contributed by atoms with E-state index in [9.17, 15) is 0 Å². The first-order chi connectivity index (χ1) is 11.8. The van der Waals surface area contributed by atoms with Crippen LogP contribution in [0.2, 0.25) is 0 Å². The molecule has 0 spiro atoms. The largest absolute Gasteiger partial charge is 0.282 e. The van der Waals surface area contributed by atoms with Gasteiger partial charge in [0.05, 0.1) is 34.7 Å². The van der Waals surface area contributed by atoms with Crippen molar-refractivity contribution in [3.05, 3.63) is 59.6 Å². The molecular formula is C16H10N8Zn. The summed E-state index contributed by atoms with van der Waals surface area (Å²) in [5.41, 5.74) is 9.81. The minimum Gasteiger partial charge on any atom is -0.282 e. The van der Waals surface area contributed by atoms with Crippen molar-refractivity contribution < 1.29 is 19.5 Å². The SMILES string of the molecule is C1=CC2=NC1=CC1=NC(=NC3=NC(=CC4=NC(=C2)C=C4)C=N3)NN1.[Zn]. The molecular weight excluding hydrogens is 370 g/mol. The molecule has 0 saturated heterocycles. The molecule has 0 aromatic carbocycles. The number of amidine groups is 1. The summed E-state index contributed by atoms with van der Waals surface area (Å²) < 4.78 is 0. The molecule has 0 radical (unpaired) electrons. The predicted octanol–water partition coefficient (Wildman–Crippen LogP) is 0.973. The van der Waals surface area contributed by atoms with E-state index in [1.807, 2.05) is 42.5 Å². The van der Waals surface area contributed by atoms with E-state index in [0.717, 1.165) is 22.8 Å². The van der Waals surface area contributed by atoms with Crippen molar-refractivity contribution >= 4 is 35.4 Å². The standard InChI is InChI=1S/C16H10N8.Zn/c1-2-11-6-13-8-17-15(20-13)22-16-21-14(23-24-16)7-12-4-3-10(19-12)5-9(1)18-11;/h1-8H,(H2,17,20,21,22,23,24);. The van der Waals surface area contributed by atoms with Crippen molar-refractivity contribution in [3.63, 3.8) is 0 Å². The third kappa shape index (κ3) is 3.14. The van der Waals surface area contributed by atoms with Gasteiger partial charge in [-0.2, -0.15) is 9.98 Å². The number of rotatable bonds is 0. The molecule has 5 aliphatic rings. The van der Waals surface area contributed by atoms with Gasteiger partial charge in [0.2, 0.25) is 5.96 Å². The van der Waals surface area contributed by atoms with E-state index < -0.39 is 0 Å². The third-order valence-electron chi connectivity index (χ3n) is 3.52. The first kappa shape index (κ1) is 15.5. The molecule has 0 amide bonds. The molecule has 9 heteroatoms. The third-order valence-corrected chi connectivity index (χ3v) is 3.52. The average Bonchev–Trinajstić information content (AvgIpc) is 3.32. The monoisotopic (exact) mass is 378 g/mol. The molecule has 5 heterocycles. The first-order valence-electron chi connectivity index (χ1n) is 7.31. The summed E-state index contributed by atoms with van der Waals surface area (Å²) in [4.78, 5) is 26.2. The quantitative estimate of drug-likeness (QED) is 0.613. The van der Waals surface area contributed by atoms with E-state index in [4.69, 9.17) is 0 Å². The summed E-state index contributed by atoms with van der Waals surface area (Å²) in [5, 5.41) is 0. The van der Waals surface area contributed by atoms with Crippen LogP contribution in [-0.4, -0.2) is 35.4 Å². The molecule has 2 N–H and O–H groups in total. The van der Waals surface area contributed by atoms with Crippen molar-refractivity contribution in [2.75, 3.05) is 0 Å². The Bertz CT molecular complexity index is 995. The zero-order chi connectivity index (χ0) is 15.9. The van der Waals surface area contributed by atoms with Crippen LogP contribution in [0.25, 0.3) is 0 Å². The van der Waals surface area contributed by atoms with Gasteiger partial charge in [-0.1, -0.05) is 0 Å². The number of hydrogen-bond donors (Lipinski definition) is 2. The Labute approximate surface area is 155 Å². The van der Waals surface area contributed by atoms with Crippen LogP contribution in [-0.2, 0) is 19.5 Å². The molecule has 0 aromatic rings. The Morgan fingerprint density at radius 1 is 0.640 bits per heavy atom. The van der Waals surface area contributed by atoms with E-state index >= 15 is 0 Å². The van der Waals surface area contributed by atoms with E-state index in [2.05, 4.69) is 40.8 Å². The van der Waals surface area contributed by atoms with Gasteiger partial charge in [0, 0.05) is 25.6 Å². The Balaban J connectivity index is 0.00000157. The fourth-order valence-corrected chi connectivity index (χ4v) is 2.48. The van der Waals surface area contributed by atoms with Crippen LogP contribution < -0.4 is 10.9 Å². The van der Waals surface area contributed by atoms with Crippen LogP contribution in [0.3, 0.4) is 0 Å². The van der Waals surface area contributed by atoms with Crippen LogP contribution in [0.15, 0.2) is 89.6 Å². The number of nitrogens with zero attached hydrogens (tertiary/aromatic N) is 6. The molecule has 0 atom stereocenters. The topological polar surface area (TPSA) is 98.2 Å². The van der Waals surface area contributed by atoms with E-state index in [1.54, 1.807) is 6.21 Å². The second kappa shape index (κ2) is 6.10. The van der Waals surface area contributed by atoms with Crippen LogP contribution in [0.4, 0.5) is 0 Å². The Morgan fingerprint density at radius 3 is 2.16 bits per heavy atom. The summed E-state index contributed by atoms with van der Waals surface area (Å²) in [6, 6.07) is 0. The van der Waals surface area contributed by atoms with Crippen molar-refractivity contribution in [2.24, 2.45) is 30.0 Å². The molecule has 25 heavy (non-hydrogen) atoms. The number of aliphatic imine (C=N–C) groups is 6. The maximum atomic E-state index is 4.53. The average molecular weight is 380 g/mol. The van der Waals surface area contributed by atoms with Gasteiger partial charge in [-0.25, -0.2) is 20.0 Å². The fourth-order valence-electron chi connectivity index (χ4n) is 2.48. The molecule has 0 aromatic heterocycles. The van der Waals surface area contributed by atoms with E-state index in [-0.39, 0.29) is 19.5 Å². The van der Waals surface area contributed by atoms with Crippen LogP contribution in [0.1, 0.15) is 0 Å². The molecule has 116 valence electrons. The van der Waals surface area contributed by atoms with Gasteiger partial charge >= 0.3 is 0 Å². The molecule has 0 saturated carbocycles. The zero-order valence-electron chi connectivity index (χ0n) is 13.0. The minimum absolute atomic E-state index is 0. The number of hydrazine groups is 1. The summed E-state index contributed by atoms with van der Waals surface area (Å²) >= 11 is 0. The summed E-state index contributed by atoms with van der Waals surface area (Å²) in [6.45, 7) is 0. The second-order valence-electron chi connectivity index (χ2n) is 5.30. The summed E-state index contributed by atoms with van der Waals surface area (Å²) in [7, 11) is 0. The molecule has 8 nitrogen and oxygen atoms in total. The van der Waals surface area contributed by atoms with Gasteiger partial charge in [0.15, 0.2) is 5.84 Å². The number of guanidine groups is 2. The maximum absolute atomic E-state index is 4.53. The maximum Gasteiger partial charge on any atom is 0.253 e. The van der Waals surface area contributed by atoms with Crippen LogP contribution in [0.5, 0.6) is 0 Å². The number of allylic oxidation sites excluding steroid dienone is 7. The van der Waals surface area contributed by atoms with Gasteiger partial charge in [-0.15, -0.1) is 0 Å². The molecule has 0 unspecified atom stereocenters. The van der Waals surface area contributed by atoms with Gasteiger partial charge in [0.25, 0.3) is 5.96 Å². The number of fused-ring (bicyclic) bond motifs is 4. The van der Waals surface area contributed by atoms with Crippen molar-refractivity contribution in [2.45, 2.75) is 0 Å². The molecule has 8 bridgehead atoms. The van der Waals surface area contributed by atoms with Gasteiger partial charge in [0.1, 0.15) is 0 Å². The summed E-state index contributed by atoms with van der Waals surface area (Å²) in [6.07, 6.45) is 15.0. The molecule has 5 aliphatic heterocycles. The van der Waals surface area contributed by atoms with Crippen molar-refractivity contribution in [1.82, 2.24) is 10.9 Å². The molecule has 0 fully saturated rings. The molecule has 5 rings (SSSR count). The molecule has 0 aliphatic carbocycles. The van der Waals surface area contributed by atoms with Crippen LogP contribution >= 0.6 is 0 Å². The van der Waals surface area contributed by atoms with Crippen LogP contribution in [0, 0.1) is 0 Å². The predicted molar refractivity (Wildman–Crippen MR) is 94.5 cm³/mol.